The quantitative estimate of drug-likeness (QED) is 0.632. The van der Waals surface area contributed by atoms with Gasteiger partial charge in [0.25, 0.3) is 5.91 Å². The van der Waals surface area contributed by atoms with E-state index in [-0.39, 0.29) is 16.6 Å². The number of likely N-dealkylation sites (N-methyl/N-ethyl adjacent to an activating group) is 1. The SMILES string of the molecule is CCN(C(=O)/C=C/c1ccc(OC)c(S(=O)(=O)N2CCOCC2)c1)c1ccccc1. The van der Waals surface area contributed by atoms with Gasteiger partial charge >= 0.3 is 0 Å². The number of sulfonamides is 1. The molecule has 0 atom stereocenters. The summed E-state index contributed by atoms with van der Waals surface area (Å²) in [4.78, 5) is 14.4. The van der Waals surface area contributed by atoms with Crippen LogP contribution >= 0.6 is 0 Å². The number of para-hydroxylation sites is 1. The largest absolute Gasteiger partial charge is 0.495 e. The minimum Gasteiger partial charge on any atom is -0.495 e. The first-order valence-electron chi connectivity index (χ1n) is 9.78. The van der Waals surface area contributed by atoms with E-state index in [1.54, 1.807) is 23.1 Å². The number of carbonyl (C=O) groups excluding carboxylic acids is 1. The molecule has 0 spiro atoms. The summed E-state index contributed by atoms with van der Waals surface area (Å²) in [6, 6.07) is 14.2. The molecule has 1 aliphatic rings. The topological polar surface area (TPSA) is 76.2 Å². The Labute approximate surface area is 177 Å². The second kappa shape index (κ2) is 9.88. The van der Waals surface area contributed by atoms with Crippen molar-refractivity contribution in [1.29, 1.82) is 0 Å². The van der Waals surface area contributed by atoms with Crippen LogP contribution in [-0.4, -0.2) is 58.6 Å². The molecule has 0 N–H and O–H groups in total. The molecular weight excluding hydrogens is 404 g/mol. The van der Waals surface area contributed by atoms with Crippen LogP contribution < -0.4 is 9.64 Å². The fourth-order valence-electron chi connectivity index (χ4n) is 3.26. The number of ether oxygens (including phenoxy) is 2. The van der Waals surface area contributed by atoms with Crippen LogP contribution in [0.25, 0.3) is 6.08 Å². The maximum absolute atomic E-state index is 13.1. The molecule has 2 aromatic rings. The van der Waals surface area contributed by atoms with Crippen LogP contribution in [0.1, 0.15) is 12.5 Å². The number of hydrogen-bond donors (Lipinski definition) is 0. The van der Waals surface area contributed by atoms with Crippen molar-refractivity contribution in [2.24, 2.45) is 0 Å². The van der Waals surface area contributed by atoms with Gasteiger partial charge in [-0.1, -0.05) is 24.3 Å². The zero-order valence-electron chi connectivity index (χ0n) is 17.2. The number of anilines is 1. The summed E-state index contributed by atoms with van der Waals surface area (Å²) in [6.07, 6.45) is 3.06. The highest BCUT2D eigenvalue weighted by Gasteiger charge is 2.29. The van der Waals surface area contributed by atoms with Crippen LogP contribution in [0.15, 0.2) is 59.5 Å². The van der Waals surface area contributed by atoms with Crippen LogP contribution in [0.4, 0.5) is 5.69 Å². The van der Waals surface area contributed by atoms with E-state index in [9.17, 15) is 13.2 Å². The molecule has 7 nitrogen and oxygen atoms in total. The summed E-state index contributed by atoms with van der Waals surface area (Å²) >= 11 is 0. The average Bonchev–Trinajstić information content (AvgIpc) is 2.79. The molecule has 2 aromatic carbocycles. The monoisotopic (exact) mass is 430 g/mol. The van der Waals surface area contributed by atoms with Crippen molar-refractivity contribution < 1.29 is 22.7 Å². The van der Waals surface area contributed by atoms with Crippen LogP contribution in [0.5, 0.6) is 5.75 Å². The lowest BCUT2D eigenvalue weighted by Crippen LogP contribution is -2.40. The van der Waals surface area contributed by atoms with Gasteiger partial charge in [-0.05, 0) is 42.8 Å². The Bertz CT molecular complexity index is 999. The predicted octanol–water partition coefficient (Wildman–Crippen LogP) is 2.78. The number of nitrogens with zero attached hydrogens (tertiary/aromatic N) is 2. The number of carbonyl (C=O) groups is 1. The van der Waals surface area contributed by atoms with E-state index < -0.39 is 10.0 Å². The standard InChI is InChI=1S/C22H26N2O5S/c1-3-24(19-7-5-4-6-8-19)22(25)12-10-18-9-11-20(28-2)21(17-18)30(26,27)23-13-15-29-16-14-23/h4-12,17H,3,13-16H2,1-2H3/b12-10+. The van der Waals surface area contributed by atoms with E-state index in [0.29, 0.717) is 38.4 Å². The second-order valence-corrected chi connectivity index (χ2v) is 8.58. The van der Waals surface area contributed by atoms with E-state index in [0.717, 1.165) is 5.69 Å². The molecule has 0 radical (unpaired) electrons. The molecule has 0 bridgehead atoms. The third-order valence-corrected chi connectivity index (χ3v) is 6.76. The van der Waals surface area contributed by atoms with E-state index in [4.69, 9.17) is 9.47 Å². The van der Waals surface area contributed by atoms with Crippen LogP contribution in [0.3, 0.4) is 0 Å². The Balaban J connectivity index is 1.86. The summed E-state index contributed by atoms with van der Waals surface area (Å²) in [6.45, 7) is 3.74. The van der Waals surface area contributed by atoms with Gasteiger partial charge in [-0.2, -0.15) is 4.31 Å². The van der Waals surface area contributed by atoms with Crippen molar-refractivity contribution in [2.75, 3.05) is 44.9 Å². The summed E-state index contributed by atoms with van der Waals surface area (Å²) in [5.74, 6) is 0.0848. The first-order valence-corrected chi connectivity index (χ1v) is 11.2. The third-order valence-electron chi connectivity index (χ3n) is 4.84. The number of rotatable bonds is 7. The van der Waals surface area contributed by atoms with Gasteiger partial charge in [0.05, 0.1) is 20.3 Å². The van der Waals surface area contributed by atoms with Gasteiger partial charge in [0.1, 0.15) is 10.6 Å². The summed E-state index contributed by atoms with van der Waals surface area (Å²) in [7, 11) is -2.29. The molecule has 0 aromatic heterocycles. The van der Waals surface area contributed by atoms with Gasteiger partial charge in [-0.25, -0.2) is 8.42 Å². The Hall–Kier alpha value is -2.68. The molecule has 0 unspecified atom stereocenters. The summed E-state index contributed by atoms with van der Waals surface area (Å²) < 4.78 is 38.1. The van der Waals surface area contributed by atoms with Crippen molar-refractivity contribution in [2.45, 2.75) is 11.8 Å². The molecule has 1 fully saturated rings. The van der Waals surface area contributed by atoms with E-state index in [1.165, 1.54) is 23.6 Å². The molecule has 1 heterocycles. The fourth-order valence-corrected chi connectivity index (χ4v) is 4.85. The van der Waals surface area contributed by atoms with Crippen LogP contribution in [0.2, 0.25) is 0 Å². The number of methoxy groups -OCH3 is 1. The Morgan fingerprint density at radius 1 is 1.17 bits per heavy atom. The highest BCUT2D eigenvalue weighted by atomic mass is 32.2. The minimum absolute atomic E-state index is 0.0805. The van der Waals surface area contributed by atoms with Gasteiger partial charge in [-0.15, -0.1) is 0 Å². The van der Waals surface area contributed by atoms with E-state index in [2.05, 4.69) is 0 Å². The van der Waals surface area contributed by atoms with Crippen molar-refractivity contribution >= 4 is 27.7 Å². The van der Waals surface area contributed by atoms with Crippen molar-refractivity contribution in [3.63, 3.8) is 0 Å². The van der Waals surface area contributed by atoms with Gasteiger partial charge < -0.3 is 14.4 Å². The molecular formula is C22H26N2O5S. The normalized spacial score (nSPS) is 15.3. The van der Waals surface area contributed by atoms with E-state index >= 15 is 0 Å². The third kappa shape index (κ3) is 4.89. The Kier molecular flexibility index (Phi) is 7.25. The second-order valence-electron chi connectivity index (χ2n) is 6.68. The fraction of sp³-hybridized carbons (Fsp3) is 0.318. The molecule has 0 aliphatic carbocycles. The molecule has 1 amide bonds. The molecule has 1 aliphatic heterocycles. The number of hydrogen-bond acceptors (Lipinski definition) is 5. The van der Waals surface area contributed by atoms with Crippen LogP contribution in [0, 0.1) is 0 Å². The molecule has 160 valence electrons. The van der Waals surface area contributed by atoms with Crippen molar-refractivity contribution in [3.05, 3.63) is 60.2 Å². The number of benzene rings is 2. The number of morpholine rings is 1. The van der Waals surface area contributed by atoms with Gasteiger partial charge in [0.2, 0.25) is 10.0 Å². The molecule has 0 saturated carbocycles. The van der Waals surface area contributed by atoms with Crippen LogP contribution in [-0.2, 0) is 19.6 Å². The maximum atomic E-state index is 13.1. The lowest BCUT2D eigenvalue weighted by Gasteiger charge is -2.26. The summed E-state index contributed by atoms with van der Waals surface area (Å²) in [5.41, 5.74) is 1.40. The van der Waals surface area contributed by atoms with Crippen molar-refractivity contribution in [3.8, 4) is 5.75 Å². The summed E-state index contributed by atoms with van der Waals surface area (Å²) in [5, 5.41) is 0. The predicted molar refractivity (Wildman–Crippen MR) is 116 cm³/mol. The van der Waals surface area contributed by atoms with Gasteiger partial charge in [0.15, 0.2) is 0 Å². The highest BCUT2D eigenvalue weighted by Crippen LogP contribution is 2.29. The number of amides is 1. The molecule has 8 heteroatoms. The lowest BCUT2D eigenvalue weighted by molar-refractivity contribution is -0.114. The Morgan fingerprint density at radius 2 is 1.87 bits per heavy atom. The first-order chi connectivity index (χ1) is 14.5. The minimum atomic E-state index is -3.73. The molecule has 3 rings (SSSR count). The molecule has 1 saturated heterocycles. The highest BCUT2D eigenvalue weighted by molar-refractivity contribution is 7.89. The smallest absolute Gasteiger partial charge is 0.250 e. The van der Waals surface area contributed by atoms with Gasteiger partial charge in [-0.3, -0.25) is 4.79 Å². The molecule has 30 heavy (non-hydrogen) atoms. The van der Waals surface area contributed by atoms with Crippen molar-refractivity contribution in [1.82, 2.24) is 4.31 Å². The lowest BCUT2D eigenvalue weighted by atomic mass is 10.2. The zero-order chi connectivity index (χ0) is 21.6. The van der Waals surface area contributed by atoms with Gasteiger partial charge in [0, 0.05) is 31.4 Å². The first kappa shape index (κ1) is 22.0. The average molecular weight is 431 g/mol. The Morgan fingerprint density at radius 3 is 2.50 bits per heavy atom. The maximum Gasteiger partial charge on any atom is 0.250 e. The zero-order valence-corrected chi connectivity index (χ0v) is 18.0. The van der Waals surface area contributed by atoms with E-state index in [1.807, 2.05) is 37.3 Å².